The SMILES string of the molecule is CC1CCCCC1CNC(N)=S. The molecule has 70 valence electrons. The van der Waals surface area contributed by atoms with Gasteiger partial charge in [0.1, 0.15) is 0 Å². The van der Waals surface area contributed by atoms with Crippen molar-refractivity contribution < 1.29 is 0 Å². The van der Waals surface area contributed by atoms with Gasteiger partial charge in [0.15, 0.2) is 5.11 Å². The highest BCUT2D eigenvalue weighted by atomic mass is 32.1. The lowest BCUT2D eigenvalue weighted by atomic mass is 9.80. The molecule has 0 radical (unpaired) electrons. The fourth-order valence-electron chi connectivity index (χ4n) is 1.93. The van der Waals surface area contributed by atoms with Gasteiger partial charge in [-0.15, -0.1) is 0 Å². The van der Waals surface area contributed by atoms with Gasteiger partial charge >= 0.3 is 0 Å². The first-order valence-corrected chi connectivity index (χ1v) is 5.14. The van der Waals surface area contributed by atoms with Crippen LogP contribution in [0.5, 0.6) is 0 Å². The van der Waals surface area contributed by atoms with E-state index in [0.29, 0.717) is 5.11 Å². The van der Waals surface area contributed by atoms with Gasteiger partial charge in [-0.3, -0.25) is 0 Å². The van der Waals surface area contributed by atoms with Crippen LogP contribution in [0.2, 0.25) is 0 Å². The molecule has 1 rings (SSSR count). The molecule has 0 aromatic heterocycles. The summed E-state index contributed by atoms with van der Waals surface area (Å²) in [5, 5.41) is 3.49. The summed E-state index contributed by atoms with van der Waals surface area (Å²) < 4.78 is 0. The average Bonchev–Trinajstić information content (AvgIpc) is 2.03. The predicted octanol–water partition coefficient (Wildman–Crippen LogP) is 1.65. The zero-order chi connectivity index (χ0) is 8.97. The van der Waals surface area contributed by atoms with Gasteiger partial charge in [-0.1, -0.05) is 26.2 Å². The quantitative estimate of drug-likeness (QED) is 0.644. The highest BCUT2D eigenvalue weighted by molar-refractivity contribution is 7.80. The summed E-state index contributed by atoms with van der Waals surface area (Å²) in [7, 11) is 0. The van der Waals surface area contributed by atoms with Gasteiger partial charge < -0.3 is 11.1 Å². The molecule has 0 bridgehead atoms. The molecule has 1 aliphatic carbocycles. The number of thiocarbonyl (C=S) groups is 1. The summed E-state index contributed by atoms with van der Waals surface area (Å²) in [5.41, 5.74) is 5.38. The number of nitrogens with two attached hydrogens (primary N) is 1. The highest BCUT2D eigenvalue weighted by Crippen LogP contribution is 2.28. The Balaban J connectivity index is 2.24. The van der Waals surface area contributed by atoms with E-state index in [1.807, 2.05) is 0 Å². The van der Waals surface area contributed by atoms with Crippen molar-refractivity contribution in [1.29, 1.82) is 0 Å². The summed E-state index contributed by atoms with van der Waals surface area (Å²) in [4.78, 5) is 0. The van der Waals surface area contributed by atoms with Crippen LogP contribution < -0.4 is 11.1 Å². The van der Waals surface area contributed by atoms with Crippen LogP contribution >= 0.6 is 12.2 Å². The maximum Gasteiger partial charge on any atom is 0.163 e. The van der Waals surface area contributed by atoms with Crippen molar-refractivity contribution in [1.82, 2.24) is 5.32 Å². The molecule has 0 saturated heterocycles. The first-order valence-electron chi connectivity index (χ1n) is 4.73. The smallest absolute Gasteiger partial charge is 0.163 e. The third-order valence-electron chi connectivity index (χ3n) is 2.83. The molecule has 2 unspecified atom stereocenters. The second-order valence-electron chi connectivity index (χ2n) is 3.77. The number of hydrogen-bond donors (Lipinski definition) is 2. The normalized spacial score (nSPS) is 29.8. The first kappa shape index (κ1) is 9.78. The number of rotatable bonds is 2. The van der Waals surface area contributed by atoms with Crippen LogP contribution in [0.1, 0.15) is 32.6 Å². The van der Waals surface area contributed by atoms with Gasteiger partial charge in [-0.25, -0.2) is 0 Å². The van der Waals surface area contributed by atoms with E-state index in [0.717, 1.165) is 18.4 Å². The Morgan fingerprint density at radius 3 is 2.75 bits per heavy atom. The van der Waals surface area contributed by atoms with Crippen LogP contribution in [0, 0.1) is 11.8 Å². The van der Waals surface area contributed by atoms with Crippen molar-refractivity contribution in [3.05, 3.63) is 0 Å². The Hall–Kier alpha value is -0.310. The van der Waals surface area contributed by atoms with E-state index in [2.05, 4.69) is 12.2 Å². The topological polar surface area (TPSA) is 38.0 Å². The van der Waals surface area contributed by atoms with Crippen LogP contribution in [0.3, 0.4) is 0 Å². The van der Waals surface area contributed by atoms with Gasteiger partial charge in [-0.2, -0.15) is 0 Å². The first-order chi connectivity index (χ1) is 5.70. The van der Waals surface area contributed by atoms with E-state index >= 15 is 0 Å². The molecule has 12 heavy (non-hydrogen) atoms. The molecule has 1 saturated carbocycles. The summed E-state index contributed by atoms with van der Waals surface area (Å²) in [6.45, 7) is 3.29. The van der Waals surface area contributed by atoms with E-state index in [-0.39, 0.29) is 0 Å². The van der Waals surface area contributed by atoms with Crippen LogP contribution in [0.25, 0.3) is 0 Å². The van der Waals surface area contributed by atoms with E-state index in [1.165, 1.54) is 25.7 Å². The van der Waals surface area contributed by atoms with Crippen LogP contribution in [-0.4, -0.2) is 11.7 Å². The zero-order valence-electron chi connectivity index (χ0n) is 7.68. The Kier molecular flexibility index (Phi) is 3.79. The van der Waals surface area contributed by atoms with E-state index in [9.17, 15) is 0 Å². The summed E-state index contributed by atoms with van der Waals surface area (Å²) in [6, 6.07) is 0. The van der Waals surface area contributed by atoms with E-state index in [4.69, 9.17) is 18.0 Å². The molecule has 0 amide bonds. The minimum atomic E-state index is 0.438. The highest BCUT2D eigenvalue weighted by Gasteiger charge is 2.20. The third kappa shape index (κ3) is 2.97. The molecule has 3 N–H and O–H groups in total. The van der Waals surface area contributed by atoms with Gasteiger partial charge in [0.2, 0.25) is 0 Å². The zero-order valence-corrected chi connectivity index (χ0v) is 8.49. The van der Waals surface area contributed by atoms with Crippen molar-refractivity contribution >= 4 is 17.3 Å². The van der Waals surface area contributed by atoms with E-state index < -0.39 is 0 Å². The van der Waals surface area contributed by atoms with Crippen molar-refractivity contribution in [2.75, 3.05) is 6.54 Å². The Bertz CT molecular complexity index is 159. The van der Waals surface area contributed by atoms with E-state index in [1.54, 1.807) is 0 Å². The van der Waals surface area contributed by atoms with Gasteiger partial charge in [0.25, 0.3) is 0 Å². The minimum Gasteiger partial charge on any atom is -0.376 e. The van der Waals surface area contributed by atoms with Gasteiger partial charge in [0, 0.05) is 6.54 Å². The van der Waals surface area contributed by atoms with Gasteiger partial charge in [0.05, 0.1) is 0 Å². The largest absolute Gasteiger partial charge is 0.376 e. The molecule has 0 aromatic rings. The molecule has 0 spiro atoms. The molecule has 0 aliphatic heterocycles. The minimum absolute atomic E-state index is 0.438. The molecule has 1 fully saturated rings. The second kappa shape index (κ2) is 4.65. The summed E-state index contributed by atoms with van der Waals surface area (Å²) in [5.74, 6) is 1.61. The molecular formula is C9H18N2S. The molecule has 1 aliphatic rings. The van der Waals surface area contributed by atoms with Crippen LogP contribution in [-0.2, 0) is 0 Å². The fourth-order valence-corrected chi connectivity index (χ4v) is 2.01. The second-order valence-corrected chi connectivity index (χ2v) is 4.21. The van der Waals surface area contributed by atoms with Crippen molar-refractivity contribution in [2.24, 2.45) is 17.6 Å². The van der Waals surface area contributed by atoms with Crippen molar-refractivity contribution in [2.45, 2.75) is 32.6 Å². The lowest BCUT2D eigenvalue weighted by Crippen LogP contribution is -2.36. The fraction of sp³-hybridized carbons (Fsp3) is 0.889. The molecule has 2 nitrogen and oxygen atoms in total. The summed E-state index contributed by atoms with van der Waals surface area (Å²) >= 11 is 4.77. The van der Waals surface area contributed by atoms with Crippen LogP contribution in [0.4, 0.5) is 0 Å². The number of nitrogens with one attached hydrogen (secondary N) is 1. The Morgan fingerprint density at radius 2 is 2.17 bits per heavy atom. The predicted molar refractivity (Wildman–Crippen MR) is 55.9 cm³/mol. The summed E-state index contributed by atoms with van der Waals surface area (Å²) in [6.07, 6.45) is 5.46. The average molecular weight is 186 g/mol. The third-order valence-corrected chi connectivity index (χ3v) is 2.97. The maximum absolute atomic E-state index is 5.38. The Morgan fingerprint density at radius 1 is 1.50 bits per heavy atom. The molecule has 0 aromatic carbocycles. The lowest BCUT2D eigenvalue weighted by molar-refractivity contribution is 0.257. The van der Waals surface area contributed by atoms with Crippen LogP contribution in [0.15, 0.2) is 0 Å². The number of hydrogen-bond acceptors (Lipinski definition) is 1. The molecule has 3 heteroatoms. The molecule has 2 atom stereocenters. The van der Waals surface area contributed by atoms with Crippen molar-refractivity contribution in [3.8, 4) is 0 Å². The molecular weight excluding hydrogens is 168 g/mol. The van der Waals surface area contributed by atoms with Gasteiger partial charge in [-0.05, 0) is 30.5 Å². The maximum atomic E-state index is 5.38. The van der Waals surface area contributed by atoms with Crippen molar-refractivity contribution in [3.63, 3.8) is 0 Å². The standard InChI is InChI=1S/C9H18N2S/c1-7-4-2-3-5-8(7)6-11-9(10)12/h7-8H,2-6H2,1H3,(H3,10,11,12). The Labute approximate surface area is 79.9 Å². The lowest BCUT2D eigenvalue weighted by Gasteiger charge is -2.28. The molecule has 0 heterocycles. The monoisotopic (exact) mass is 186 g/mol.